The molecule has 0 bridgehead atoms. The summed E-state index contributed by atoms with van der Waals surface area (Å²) in [6.07, 6.45) is 0. The summed E-state index contributed by atoms with van der Waals surface area (Å²) in [5.74, 6) is -1.06. The minimum atomic E-state index is -0.486. The molecule has 3 aromatic carbocycles. The Morgan fingerprint density at radius 3 is 2.52 bits per heavy atom. The molecule has 1 aromatic heterocycles. The van der Waals surface area contributed by atoms with Crippen molar-refractivity contribution in [1.82, 2.24) is 14.8 Å². The van der Waals surface area contributed by atoms with Gasteiger partial charge in [-0.3, -0.25) is 4.79 Å². The van der Waals surface area contributed by atoms with Crippen molar-refractivity contribution in [2.24, 2.45) is 0 Å². The molecule has 156 valence electrons. The quantitative estimate of drug-likeness (QED) is 0.484. The first-order valence-corrected chi connectivity index (χ1v) is 9.57. The van der Waals surface area contributed by atoms with Crippen LogP contribution in [0.15, 0.2) is 72.8 Å². The first kappa shape index (κ1) is 20.2. The van der Waals surface area contributed by atoms with E-state index in [-0.39, 0.29) is 23.0 Å². The third-order valence-corrected chi connectivity index (χ3v) is 4.43. The molecule has 0 fully saturated rings. The van der Waals surface area contributed by atoms with Gasteiger partial charge in [0, 0.05) is 11.3 Å². The van der Waals surface area contributed by atoms with E-state index in [4.69, 9.17) is 4.74 Å². The number of halogens is 2. The fourth-order valence-corrected chi connectivity index (χ4v) is 3.00. The second kappa shape index (κ2) is 8.74. The van der Waals surface area contributed by atoms with Crippen LogP contribution in [0.5, 0.6) is 6.01 Å². The molecule has 0 aliphatic heterocycles. The van der Waals surface area contributed by atoms with Crippen molar-refractivity contribution in [1.29, 1.82) is 0 Å². The molecule has 4 rings (SSSR count). The third kappa shape index (κ3) is 4.42. The lowest BCUT2D eigenvalue weighted by Gasteiger charge is -2.09. The molecule has 31 heavy (non-hydrogen) atoms. The molecule has 6 nitrogen and oxygen atoms in total. The molecule has 1 amide bonds. The van der Waals surface area contributed by atoms with Gasteiger partial charge in [0.25, 0.3) is 5.91 Å². The van der Waals surface area contributed by atoms with Crippen LogP contribution in [-0.2, 0) is 0 Å². The minimum Gasteiger partial charge on any atom is -0.463 e. The van der Waals surface area contributed by atoms with Gasteiger partial charge in [0.2, 0.25) is 0 Å². The molecule has 0 aliphatic carbocycles. The van der Waals surface area contributed by atoms with Gasteiger partial charge < -0.3 is 10.1 Å². The summed E-state index contributed by atoms with van der Waals surface area (Å²) in [6, 6.07) is 18.6. The van der Waals surface area contributed by atoms with Gasteiger partial charge >= 0.3 is 6.01 Å². The number of hydrogen-bond donors (Lipinski definition) is 1. The molecular formula is C23H18F2N4O2. The van der Waals surface area contributed by atoms with Gasteiger partial charge in [0.05, 0.1) is 17.9 Å². The van der Waals surface area contributed by atoms with E-state index in [1.165, 1.54) is 28.9 Å². The molecule has 0 aliphatic rings. The van der Waals surface area contributed by atoms with Crippen LogP contribution in [0.3, 0.4) is 0 Å². The summed E-state index contributed by atoms with van der Waals surface area (Å²) in [5.41, 5.74) is 1.60. The lowest BCUT2D eigenvalue weighted by Crippen LogP contribution is -2.12. The summed E-state index contributed by atoms with van der Waals surface area (Å²) >= 11 is 0. The number of amides is 1. The number of anilines is 1. The Bertz CT molecular complexity index is 1220. The van der Waals surface area contributed by atoms with Crippen molar-refractivity contribution in [3.63, 3.8) is 0 Å². The van der Waals surface area contributed by atoms with Crippen molar-refractivity contribution >= 4 is 11.6 Å². The monoisotopic (exact) mass is 420 g/mol. The zero-order valence-electron chi connectivity index (χ0n) is 16.5. The number of carbonyl (C=O) groups excluding carboxylic acids is 1. The summed E-state index contributed by atoms with van der Waals surface area (Å²) in [4.78, 5) is 16.6. The minimum absolute atomic E-state index is 0.129. The van der Waals surface area contributed by atoms with E-state index in [0.717, 1.165) is 6.07 Å². The van der Waals surface area contributed by atoms with Crippen molar-refractivity contribution in [3.05, 3.63) is 90.0 Å². The lowest BCUT2D eigenvalue weighted by atomic mass is 10.2. The molecule has 8 heteroatoms. The SMILES string of the molecule is CCOc1nc(-c2ccccc2F)n(-c2ccc(NC(=O)c3cccc(F)c3)cc2)n1. The van der Waals surface area contributed by atoms with Crippen molar-refractivity contribution < 1.29 is 18.3 Å². The maximum absolute atomic E-state index is 14.4. The highest BCUT2D eigenvalue weighted by atomic mass is 19.1. The number of nitrogens with zero attached hydrogens (tertiary/aromatic N) is 3. The molecule has 0 unspecified atom stereocenters. The highest BCUT2D eigenvalue weighted by Crippen LogP contribution is 2.26. The van der Waals surface area contributed by atoms with Crippen molar-refractivity contribution in [2.45, 2.75) is 6.92 Å². The third-order valence-electron chi connectivity index (χ3n) is 4.43. The number of ether oxygens (including phenoxy) is 1. The number of nitrogens with one attached hydrogen (secondary N) is 1. The highest BCUT2D eigenvalue weighted by molar-refractivity contribution is 6.04. The second-order valence-electron chi connectivity index (χ2n) is 6.55. The van der Waals surface area contributed by atoms with Gasteiger partial charge in [0.1, 0.15) is 11.6 Å². The molecule has 4 aromatic rings. The second-order valence-corrected chi connectivity index (χ2v) is 6.55. The smallest absolute Gasteiger partial charge is 0.336 e. The average Bonchev–Trinajstić information content (AvgIpc) is 3.18. The summed E-state index contributed by atoms with van der Waals surface area (Å²) < 4.78 is 34.6. The molecule has 0 spiro atoms. The van der Waals surface area contributed by atoms with Gasteiger partial charge in [-0.05, 0) is 61.5 Å². The van der Waals surface area contributed by atoms with Gasteiger partial charge in [-0.2, -0.15) is 4.98 Å². The van der Waals surface area contributed by atoms with E-state index in [2.05, 4.69) is 15.4 Å². The van der Waals surface area contributed by atoms with Crippen LogP contribution in [0.4, 0.5) is 14.5 Å². The van der Waals surface area contributed by atoms with Crippen LogP contribution in [0, 0.1) is 11.6 Å². The normalized spacial score (nSPS) is 10.7. The Morgan fingerprint density at radius 1 is 1.03 bits per heavy atom. The largest absolute Gasteiger partial charge is 0.463 e. The molecule has 0 saturated heterocycles. The Hall–Kier alpha value is -4.07. The van der Waals surface area contributed by atoms with E-state index in [1.807, 2.05) is 0 Å². The molecule has 0 saturated carbocycles. The van der Waals surface area contributed by atoms with Gasteiger partial charge in [-0.25, -0.2) is 13.5 Å². The first-order chi connectivity index (χ1) is 15.0. The Kier molecular flexibility index (Phi) is 5.70. The van der Waals surface area contributed by atoms with Crippen LogP contribution in [0.25, 0.3) is 17.1 Å². The zero-order chi connectivity index (χ0) is 21.8. The Labute approximate surface area is 177 Å². The van der Waals surface area contributed by atoms with Gasteiger partial charge in [-0.15, -0.1) is 5.10 Å². The van der Waals surface area contributed by atoms with Crippen molar-refractivity contribution in [2.75, 3.05) is 11.9 Å². The van der Waals surface area contributed by atoms with E-state index >= 15 is 0 Å². The number of hydrogen-bond acceptors (Lipinski definition) is 4. The van der Waals surface area contributed by atoms with Crippen LogP contribution >= 0.6 is 0 Å². The van der Waals surface area contributed by atoms with E-state index in [1.54, 1.807) is 49.4 Å². The number of benzene rings is 3. The van der Waals surface area contributed by atoms with E-state index in [0.29, 0.717) is 18.0 Å². The lowest BCUT2D eigenvalue weighted by molar-refractivity contribution is 0.102. The predicted octanol–water partition coefficient (Wildman–Crippen LogP) is 4.86. The number of carbonyl (C=O) groups is 1. The summed E-state index contributed by atoms with van der Waals surface area (Å²) in [7, 11) is 0. The fourth-order valence-electron chi connectivity index (χ4n) is 3.00. The summed E-state index contributed by atoms with van der Waals surface area (Å²) in [6.45, 7) is 2.17. The number of rotatable bonds is 6. The van der Waals surface area contributed by atoms with Gasteiger partial charge in [0.15, 0.2) is 5.82 Å². The Balaban J connectivity index is 1.63. The number of aromatic nitrogens is 3. The zero-order valence-corrected chi connectivity index (χ0v) is 16.5. The maximum atomic E-state index is 14.4. The van der Waals surface area contributed by atoms with Crippen LogP contribution < -0.4 is 10.1 Å². The van der Waals surface area contributed by atoms with Crippen molar-refractivity contribution in [3.8, 4) is 23.1 Å². The predicted molar refractivity (Wildman–Crippen MR) is 112 cm³/mol. The molecular weight excluding hydrogens is 402 g/mol. The van der Waals surface area contributed by atoms with Crippen LogP contribution in [0.2, 0.25) is 0 Å². The van der Waals surface area contributed by atoms with Crippen LogP contribution in [-0.4, -0.2) is 27.3 Å². The highest BCUT2D eigenvalue weighted by Gasteiger charge is 2.17. The first-order valence-electron chi connectivity index (χ1n) is 9.57. The van der Waals surface area contributed by atoms with Gasteiger partial charge in [-0.1, -0.05) is 18.2 Å². The average molecular weight is 420 g/mol. The molecule has 0 radical (unpaired) electrons. The molecule has 0 atom stereocenters. The van der Waals surface area contributed by atoms with E-state index < -0.39 is 17.5 Å². The Morgan fingerprint density at radius 2 is 1.81 bits per heavy atom. The molecule has 1 N–H and O–H groups in total. The fraction of sp³-hybridized carbons (Fsp3) is 0.0870. The standard InChI is InChI=1S/C23H18F2N4O2/c1-2-31-23-27-21(19-8-3-4-9-20(19)25)29(28-23)18-12-10-17(11-13-18)26-22(30)15-6-5-7-16(24)14-15/h3-14H,2H2,1H3,(H,26,30). The molecule has 1 heterocycles. The topological polar surface area (TPSA) is 69.0 Å². The van der Waals surface area contributed by atoms with Crippen LogP contribution in [0.1, 0.15) is 17.3 Å². The summed E-state index contributed by atoms with van der Waals surface area (Å²) in [5, 5.41) is 7.03. The maximum Gasteiger partial charge on any atom is 0.336 e. The van der Waals surface area contributed by atoms with E-state index in [9.17, 15) is 13.6 Å².